The molecule has 2 rings (SSSR count). The van der Waals surface area contributed by atoms with Crippen LogP contribution in [-0.4, -0.2) is 16.0 Å². The topological polar surface area (TPSA) is 68.0 Å². The minimum Gasteiger partial charge on any atom is -0.338 e. The minimum atomic E-state index is -0.295. The van der Waals surface area contributed by atoms with E-state index in [-0.39, 0.29) is 17.2 Å². The van der Waals surface area contributed by atoms with Crippen LogP contribution in [0.5, 0.6) is 0 Å². The van der Waals surface area contributed by atoms with Crippen molar-refractivity contribution in [3.05, 3.63) is 27.8 Å². The molecule has 1 amide bonds. The standard InChI is InChI=1S/C14H19N3O2S/c1-8(2)13(18)16-12-6-10(17-19-12)14(4,5)11-7-15-9(3)20-11/h6-8H,1-5H3,(H,16,18). The van der Waals surface area contributed by atoms with Crippen LogP contribution in [0.3, 0.4) is 0 Å². The third-order valence-electron chi connectivity index (χ3n) is 3.16. The molecule has 2 aromatic rings. The van der Waals surface area contributed by atoms with Crippen LogP contribution < -0.4 is 5.32 Å². The Labute approximate surface area is 122 Å². The van der Waals surface area contributed by atoms with Gasteiger partial charge in [0.1, 0.15) is 0 Å². The zero-order valence-corrected chi connectivity index (χ0v) is 13.2. The van der Waals surface area contributed by atoms with Gasteiger partial charge in [0.25, 0.3) is 0 Å². The number of rotatable bonds is 4. The van der Waals surface area contributed by atoms with Gasteiger partial charge in [0.2, 0.25) is 11.8 Å². The SMILES string of the molecule is Cc1ncc(C(C)(C)c2cc(NC(=O)C(C)C)on2)s1. The molecule has 0 aliphatic rings. The summed E-state index contributed by atoms with van der Waals surface area (Å²) in [5.74, 6) is 0.202. The van der Waals surface area contributed by atoms with Crippen molar-refractivity contribution in [3.63, 3.8) is 0 Å². The zero-order chi connectivity index (χ0) is 14.9. The first kappa shape index (κ1) is 14.7. The summed E-state index contributed by atoms with van der Waals surface area (Å²) in [4.78, 5) is 17.0. The van der Waals surface area contributed by atoms with Gasteiger partial charge >= 0.3 is 0 Å². The fraction of sp³-hybridized carbons (Fsp3) is 0.500. The molecule has 0 bridgehead atoms. The van der Waals surface area contributed by atoms with Gasteiger partial charge in [-0.1, -0.05) is 19.0 Å². The molecule has 0 aliphatic carbocycles. The van der Waals surface area contributed by atoms with Gasteiger partial charge in [-0.3, -0.25) is 10.1 Å². The highest BCUT2D eigenvalue weighted by Gasteiger charge is 2.29. The lowest BCUT2D eigenvalue weighted by Crippen LogP contribution is -2.18. The maximum Gasteiger partial charge on any atom is 0.231 e. The quantitative estimate of drug-likeness (QED) is 0.938. The van der Waals surface area contributed by atoms with E-state index in [1.54, 1.807) is 17.4 Å². The van der Waals surface area contributed by atoms with Gasteiger partial charge < -0.3 is 4.52 Å². The third kappa shape index (κ3) is 2.90. The number of carbonyl (C=O) groups excluding carboxylic acids is 1. The largest absolute Gasteiger partial charge is 0.338 e. The smallest absolute Gasteiger partial charge is 0.231 e. The van der Waals surface area contributed by atoms with Crippen LogP contribution >= 0.6 is 11.3 Å². The molecule has 0 unspecified atom stereocenters. The molecule has 0 radical (unpaired) electrons. The Morgan fingerprint density at radius 2 is 2.15 bits per heavy atom. The van der Waals surface area contributed by atoms with Crippen molar-refractivity contribution >= 4 is 23.1 Å². The molecule has 0 aliphatic heterocycles. The summed E-state index contributed by atoms with van der Waals surface area (Å²) in [6.07, 6.45) is 1.86. The summed E-state index contributed by atoms with van der Waals surface area (Å²) in [5.41, 5.74) is 0.483. The number of carbonyl (C=O) groups is 1. The second-order valence-corrected chi connectivity index (χ2v) is 6.82. The van der Waals surface area contributed by atoms with Gasteiger partial charge in [0.05, 0.1) is 10.7 Å². The van der Waals surface area contributed by atoms with Crippen LogP contribution in [0.4, 0.5) is 5.88 Å². The van der Waals surface area contributed by atoms with E-state index in [1.165, 1.54) is 0 Å². The van der Waals surface area contributed by atoms with E-state index in [9.17, 15) is 4.79 Å². The van der Waals surface area contributed by atoms with Crippen LogP contribution in [-0.2, 0) is 10.2 Å². The first-order chi connectivity index (χ1) is 9.30. The minimum absolute atomic E-state index is 0.0841. The number of aryl methyl sites for hydroxylation is 1. The molecule has 0 saturated carbocycles. The van der Waals surface area contributed by atoms with Crippen molar-refractivity contribution in [1.82, 2.24) is 10.1 Å². The van der Waals surface area contributed by atoms with E-state index in [2.05, 4.69) is 29.3 Å². The molecule has 2 aromatic heterocycles. The molecule has 0 aromatic carbocycles. The van der Waals surface area contributed by atoms with E-state index in [4.69, 9.17) is 4.52 Å². The Kier molecular flexibility index (Phi) is 3.94. The van der Waals surface area contributed by atoms with Crippen LogP contribution in [0.1, 0.15) is 43.3 Å². The average molecular weight is 293 g/mol. The Morgan fingerprint density at radius 3 is 2.70 bits per heavy atom. The molecule has 0 fully saturated rings. The lowest BCUT2D eigenvalue weighted by Gasteiger charge is -2.18. The maximum absolute atomic E-state index is 11.6. The van der Waals surface area contributed by atoms with Crippen molar-refractivity contribution in [3.8, 4) is 0 Å². The molecular weight excluding hydrogens is 274 g/mol. The Bertz CT molecular complexity index is 613. The van der Waals surface area contributed by atoms with Crippen molar-refractivity contribution in [1.29, 1.82) is 0 Å². The van der Waals surface area contributed by atoms with Crippen LogP contribution in [0.25, 0.3) is 0 Å². The van der Waals surface area contributed by atoms with E-state index in [1.807, 2.05) is 27.0 Å². The first-order valence-corrected chi connectivity index (χ1v) is 7.33. The molecule has 6 heteroatoms. The normalized spacial score (nSPS) is 11.9. The third-order valence-corrected chi connectivity index (χ3v) is 4.40. The summed E-state index contributed by atoms with van der Waals surface area (Å²) in [6.45, 7) is 9.76. The number of thiazole rings is 1. The molecule has 1 N–H and O–H groups in total. The highest BCUT2D eigenvalue weighted by atomic mass is 32.1. The molecule has 0 saturated heterocycles. The Morgan fingerprint density at radius 1 is 1.45 bits per heavy atom. The summed E-state index contributed by atoms with van der Waals surface area (Å²) in [6, 6.07) is 1.77. The van der Waals surface area contributed by atoms with E-state index >= 15 is 0 Å². The fourth-order valence-electron chi connectivity index (χ4n) is 1.67. The monoisotopic (exact) mass is 293 g/mol. The second-order valence-electron chi connectivity index (χ2n) is 5.59. The number of hydrogen-bond acceptors (Lipinski definition) is 5. The van der Waals surface area contributed by atoms with Gasteiger partial charge in [-0.25, -0.2) is 4.98 Å². The zero-order valence-electron chi connectivity index (χ0n) is 12.4. The van der Waals surface area contributed by atoms with Crippen LogP contribution in [0, 0.1) is 12.8 Å². The van der Waals surface area contributed by atoms with Crippen molar-refractivity contribution in [2.45, 2.75) is 40.0 Å². The summed E-state index contributed by atoms with van der Waals surface area (Å²) in [7, 11) is 0. The molecule has 108 valence electrons. The molecule has 20 heavy (non-hydrogen) atoms. The van der Waals surface area contributed by atoms with Gasteiger partial charge in [-0.05, 0) is 20.8 Å². The number of amides is 1. The van der Waals surface area contributed by atoms with Crippen LogP contribution in [0.2, 0.25) is 0 Å². The maximum atomic E-state index is 11.6. The van der Waals surface area contributed by atoms with Gasteiger partial charge in [0, 0.05) is 28.5 Å². The first-order valence-electron chi connectivity index (χ1n) is 6.51. The van der Waals surface area contributed by atoms with E-state index in [0.29, 0.717) is 5.88 Å². The summed E-state index contributed by atoms with van der Waals surface area (Å²) >= 11 is 1.64. The highest BCUT2D eigenvalue weighted by Crippen LogP contribution is 2.35. The predicted octanol–water partition coefficient (Wildman–Crippen LogP) is 3.36. The summed E-state index contributed by atoms with van der Waals surface area (Å²) in [5, 5.41) is 7.80. The van der Waals surface area contributed by atoms with E-state index in [0.717, 1.165) is 15.6 Å². The number of aromatic nitrogens is 2. The molecule has 2 heterocycles. The lowest BCUT2D eigenvalue weighted by molar-refractivity contribution is -0.119. The van der Waals surface area contributed by atoms with Crippen molar-refractivity contribution in [2.75, 3.05) is 5.32 Å². The van der Waals surface area contributed by atoms with Gasteiger partial charge in [0.15, 0.2) is 0 Å². The second kappa shape index (κ2) is 5.36. The molecular formula is C14H19N3O2S. The lowest BCUT2D eigenvalue weighted by atomic mass is 9.88. The predicted molar refractivity (Wildman–Crippen MR) is 78.9 cm³/mol. The molecule has 5 nitrogen and oxygen atoms in total. The Balaban J connectivity index is 2.21. The van der Waals surface area contributed by atoms with Gasteiger partial charge in [-0.2, -0.15) is 0 Å². The van der Waals surface area contributed by atoms with E-state index < -0.39 is 0 Å². The average Bonchev–Trinajstić information content (AvgIpc) is 2.98. The van der Waals surface area contributed by atoms with Crippen LogP contribution in [0.15, 0.2) is 16.8 Å². The molecule has 0 spiro atoms. The van der Waals surface area contributed by atoms with Crippen molar-refractivity contribution < 1.29 is 9.32 Å². The van der Waals surface area contributed by atoms with Crippen molar-refractivity contribution in [2.24, 2.45) is 5.92 Å². The highest BCUT2D eigenvalue weighted by molar-refractivity contribution is 7.11. The summed E-state index contributed by atoms with van der Waals surface area (Å²) < 4.78 is 5.20. The number of anilines is 1. The van der Waals surface area contributed by atoms with Gasteiger partial charge in [-0.15, -0.1) is 11.3 Å². The number of hydrogen-bond donors (Lipinski definition) is 1. The fourth-order valence-corrected chi connectivity index (χ4v) is 2.56. The number of nitrogens with one attached hydrogen (secondary N) is 1. The number of nitrogens with zero attached hydrogens (tertiary/aromatic N) is 2. The Hall–Kier alpha value is -1.69. The molecule has 0 atom stereocenters.